The van der Waals surface area contributed by atoms with Gasteiger partial charge in [0, 0.05) is 23.1 Å². The second-order valence-electron chi connectivity index (χ2n) is 5.52. The van der Waals surface area contributed by atoms with E-state index in [0.717, 1.165) is 0 Å². The van der Waals surface area contributed by atoms with E-state index in [0.29, 0.717) is 17.0 Å². The van der Waals surface area contributed by atoms with E-state index in [1.54, 1.807) is 19.1 Å². The van der Waals surface area contributed by atoms with Gasteiger partial charge in [-0.3, -0.25) is 14.9 Å². The number of carbonyl (C=O) groups is 2. The van der Waals surface area contributed by atoms with Crippen molar-refractivity contribution >= 4 is 28.9 Å². The second-order valence-corrected chi connectivity index (χ2v) is 6.37. The fraction of sp³-hybridized carbons (Fsp3) is 0.312. The Labute approximate surface area is 147 Å². The van der Waals surface area contributed by atoms with Crippen molar-refractivity contribution in [2.24, 2.45) is 5.92 Å². The summed E-state index contributed by atoms with van der Waals surface area (Å²) in [4.78, 5) is 37.9. The van der Waals surface area contributed by atoms with Crippen molar-refractivity contribution in [3.05, 3.63) is 45.5 Å². The minimum Gasteiger partial charge on any atom is -0.480 e. The highest BCUT2D eigenvalue weighted by atomic mass is 32.1. The summed E-state index contributed by atoms with van der Waals surface area (Å²) >= 11 is 1.21. The number of carboxylic acids is 1. The van der Waals surface area contributed by atoms with Gasteiger partial charge in [-0.25, -0.2) is 9.78 Å². The third-order valence-electron chi connectivity index (χ3n) is 3.83. The molecule has 0 aliphatic heterocycles. The Kier molecular flexibility index (Phi) is 5.81. The lowest BCUT2D eigenvalue weighted by atomic mass is 9.99. The molecule has 2 aromatic rings. The van der Waals surface area contributed by atoms with Crippen LogP contribution in [0.2, 0.25) is 0 Å². The Balaban J connectivity index is 2.15. The number of nitro benzene ring substituents is 1. The van der Waals surface area contributed by atoms with Crippen LogP contribution in [0, 0.1) is 16.0 Å². The molecule has 0 radical (unpaired) electrons. The quantitative estimate of drug-likeness (QED) is 0.576. The number of nitro groups is 1. The predicted octanol–water partition coefficient (Wildman–Crippen LogP) is 2.95. The summed E-state index contributed by atoms with van der Waals surface area (Å²) in [7, 11) is 0. The molecule has 25 heavy (non-hydrogen) atoms. The average Bonchev–Trinajstić information content (AvgIpc) is 3.08. The number of aliphatic carboxylic acids is 1. The number of carboxylic acid groups (broad SMARTS) is 1. The van der Waals surface area contributed by atoms with Gasteiger partial charge in [-0.1, -0.05) is 20.3 Å². The van der Waals surface area contributed by atoms with Gasteiger partial charge in [0.15, 0.2) is 0 Å². The average molecular weight is 363 g/mol. The normalized spacial score (nSPS) is 13.0. The van der Waals surface area contributed by atoms with Crippen LogP contribution in [-0.2, 0) is 4.79 Å². The lowest BCUT2D eigenvalue weighted by Crippen LogP contribution is -2.45. The van der Waals surface area contributed by atoms with Gasteiger partial charge < -0.3 is 10.4 Å². The molecule has 0 saturated heterocycles. The van der Waals surface area contributed by atoms with Crippen molar-refractivity contribution < 1.29 is 19.6 Å². The summed E-state index contributed by atoms with van der Waals surface area (Å²) in [6, 6.07) is 4.84. The molecule has 2 N–H and O–H groups in total. The van der Waals surface area contributed by atoms with Gasteiger partial charge in [0.25, 0.3) is 11.6 Å². The number of rotatable bonds is 7. The maximum atomic E-state index is 12.2. The molecule has 8 nitrogen and oxygen atoms in total. The highest BCUT2D eigenvalue weighted by Crippen LogP contribution is 2.25. The molecule has 2 atom stereocenters. The highest BCUT2D eigenvalue weighted by Gasteiger charge is 2.26. The van der Waals surface area contributed by atoms with Crippen LogP contribution >= 0.6 is 11.3 Å². The first-order valence-corrected chi connectivity index (χ1v) is 8.45. The van der Waals surface area contributed by atoms with Gasteiger partial charge in [0.05, 0.1) is 4.92 Å². The molecule has 9 heteroatoms. The number of carbonyl (C=O) groups excluding carboxylic acids is 1. The molecule has 132 valence electrons. The van der Waals surface area contributed by atoms with Crippen LogP contribution in [0.4, 0.5) is 5.69 Å². The molecule has 0 saturated carbocycles. The standard InChI is InChI=1S/C16H17N3O5S/c1-3-9(2)13(16(21)22)18-14(20)12-8-25-15(17-12)10-4-6-11(7-5-10)19(23)24/h4-9,13H,3H2,1-2H3,(H,18,20)(H,21,22). The number of amides is 1. The lowest BCUT2D eigenvalue weighted by Gasteiger charge is -2.19. The van der Waals surface area contributed by atoms with E-state index in [9.17, 15) is 24.8 Å². The van der Waals surface area contributed by atoms with Crippen molar-refractivity contribution in [1.82, 2.24) is 10.3 Å². The predicted molar refractivity (Wildman–Crippen MR) is 92.5 cm³/mol. The van der Waals surface area contributed by atoms with Gasteiger partial charge >= 0.3 is 5.97 Å². The van der Waals surface area contributed by atoms with Crippen molar-refractivity contribution in [2.75, 3.05) is 0 Å². The summed E-state index contributed by atoms with van der Waals surface area (Å²) in [6.07, 6.45) is 0.613. The fourth-order valence-corrected chi connectivity index (χ4v) is 2.94. The number of aromatic nitrogens is 1. The lowest BCUT2D eigenvalue weighted by molar-refractivity contribution is -0.384. The molecule has 1 amide bonds. The summed E-state index contributed by atoms with van der Waals surface area (Å²) in [5.41, 5.74) is 0.732. The minimum atomic E-state index is -1.09. The number of thiazole rings is 1. The zero-order valence-corrected chi connectivity index (χ0v) is 14.4. The van der Waals surface area contributed by atoms with E-state index >= 15 is 0 Å². The maximum Gasteiger partial charge on any atom is 0.326 e. The number of non-ortho nitro benzene ring substituents is 1. The Morgan fingerprint density at radius 1 is 1.36 bits per heavy atom. The third-order valence-corrected chi connectivity index (χ3v) is 4.72. The number of nitrogens with one attached hydrogen (secondary N) is 1. The van der Waals surface area contributed by atoms with Crippen LogP contribution in [0.3, 0.4) is 0 Å². The molecule has 1 heterocycles. The van der Waals surface area contributed by atoms with Gasteiger partial charge in [-0.05, 0) is 18.1 Å². The number of benzene rings is 1. The number of nitrogens with zero attached hydrogens (tertiary/aromatic N) is 2. The Morgan fingerprint density at radius 2 is 2.00 bits per heavy atom. The zero-order valence-electron chi connectivity index (χ0n) is 13.6. The first-order chi connectivity index (χ1) is 11.8. The molecule has 0 aliphatic rings. The van der Waals surface area contributed by atoms with Crippen molar-refractivity contribution in [3.63, 3.8) is 0 Å². The van der Waals surface area contributed by atoms with Crippen LogP contribution < -0.4 is 5.32 Å². The fourth-order valence-electron chi connectivity index (χ4n) is 2.13. The maximum absolute atomic E-state index is 12.2. The van der Waals surface area contributed by atoms with Crippen LogP contribution in [0.5, 0.6) is 0 Å². The van der Waals surface area contributed by atoms with Gasteiger partial charge in [0.1, 0.15) is 16.7 Å². The molecule has 1 aromatic heterocycles. The number of hydrogen-bond acceptors (Lipinski definition) is 6. The summed E-state index contributed by atoms with van der Waals surface area (Å²) in [5.74, 6) is -1.86. The summed E-state index contributed by atoms with van der Waals surface area (Å²) < 4.78 is 0. The van der Waals surface area contributed by atoms with E-state index in [1.165, 1.54) is 28.8 Å². The molecule has 0 aliphatic carbocycles. The van der Waals surface area contributed by atoms with Crippen LogP contribution in [0.25, 0.3) is 10.6 Å². The molecule has 0 spiro atoms. The highest BCUT2D eigenvalue weighted by molar-refractivity contribution is 7.13. The Morgan fingerprint density at radius 3 is 2.52 bits per heavy atom. The third kappa shape index (κ3) is 4.38. The van der Waals surface area contributed by atoms with E-state index in [4.69, 9.17) is 0 Å². The van der Waals surface area contributed by atoms with Crippen LogP contribution in [0.1, 0.15) is 30.8 Å². The van der Waals surface area contributed by atoms with Gasteiger partial charge in [-0.15, -0.1) is 11.3 Å². The summed E-state index contributed by atoms with van der Waals surface area (Å²) in [6.45, 7) is 3.60. The first kappa shape index (κ1) is 18.5. The molecular formula is C16H17N3O5S. The van der Waals surface area contributed by atoms with Crippen LogP contribution in [0.15, 0.2) is 29.6 Å². The Bertz CT molecular complexity index is 787. The Hall–Kier alpha value is -2.81. The van der Waals surface area contributed by atoms with Crippen LogP contribution in [-0.4, -0.2) is 32.9 Å². The van der Waals surface area contributed by atoms with Crippen molar-refractivity contribution in [3.8, 4) is 10.6 Å². The topological polar surface area (TPSA) is 122 Å². The van der Waals surface area contributed by atoms with E-state index in [-0.39, 0.29) is 17.3 Å². The smallest absolute Gasteiger partial charge is 0.326 e. The number of hydrogen-bond donors (Lipinski definition) is 2. The molecule has 0 fully saturated rings. The second kappa shape index (κ2) is 7.84. The largest absolute Gasteiger partial charge is 0.480 e. The van der Waals surface area contributed by atoms with Crippen molar-refractivity contribution in [2.45, 2.75) is 26.3 Å². The van der Waals surface area contributed by atoms with Gasteiger partial charge in [0.2, 0.25) is 0 Å². The summed E-state index contributed by atoms with van der Waals surface area (Å²) in [5, 5.41) is 24.4. The molecule has 2 rings (SSSR count). The minimum absolute atomic E-state index is 0.0314. The zero-order chi connectivity index (χ0) is 18.6. The monoisotopic (exact) mass is 363 g/mol. The first-order valence-electron chi connectivity index (χ1n) is 7.57. The van der Waals surface area contributed by atoms with Crippen molar-refractivity contribution in [1.29, 1.82) is 0 Å². The SMILES string of the molecule is CCC(C)C(NC(=O)c1csc(-c2ccc([N+](=O)[O-])cc2)n1)C(=O)O. The molecular weight excluding hydrogens is 346 g/mol. The molecule has 0 bridgehead atoms. The molecule has 1 aromatic carbocycles. The van der Waals surface area contributed by atoms with E-state index < -0.39 is 22.8 Å². The molecule has 2 unspecified atom stereocenters. The van der Waals surface area contributed by atoms with E-state index in [2.05, 4.69) is 10.3 Å². The van der Waals surface area contributed by atoms with Gasteiger partial charge in [-0.2, -0.15) is 0 Å². The van der Waals surface area contributed by atoms with E-state index in [1.807, 2.05) is 6.92 Å².